The number of benzene rings is 2. The predicted octanol–water partition coefficient (Wildman–Crippen LogP) is 5.43. The summed E-state index contributed by atoms with van der Waals surface area (Å²) >= 11 is 9.64. The van der Waals surface area contributed by atoms with E-state index in [1.165, 1.54) is 0 Å². The number of hydrogen-bond acceptors (Lipinski definition) is 3. The molecule has 168 valence electrons. The zero-order valence-electron chi connectivity index (χ0n) is 18.5. The Kier molecular flexibility index (Phi) is 9.85. The number of carbonyl (C=O) groups is 2. The average Bonchev–Trinajstić information content (AvgIpc) is 2.74. The van der Waals surface area contributed by atoms with Crippen LogP contribution in [0.25, 0.3) is 0 Å². The summed E-state index contributed by atoms with van der Waals surface area (Å²) < 4.78 is 6.72. The molecule has 0 aromatic heterocycles. The SMILES string of the molecule is CCCCNC(=O)C(C)N(Cc1ccc(Br)cc1)C(=O)COc1cc(C)c(Cl)c(C)c1. The predicted molar refractivity (Wildman–Crippen MR) is 128 cm³/mol. The maximum atomic E-state index is 13.1. The molecule has 0 aliphatic heterocycles. The highest BCUT2D eigenvalue weighted by Gasteiger charge is 2.26. The zero-order chi connectivity index (χ0) is 23.0. The number of nitrogens with zero attached hydrogens (tertiary/aromatic N) is 1. The van der Waals surface area contributed by atoms with Gasteiger partial charge in [-0.2, -0.15) is 0 Å². The highest BCUT2D eigenvalue weighted by atomic mass is 79.9. The van der Waals surface area contributed by atoms with Crippen LogP contribution in [0.15, 0.2) is 40.9 Å². The molecule has 2 amide bonds. The number of carbonyl (C=O) groups excluding carboxylic acids is 2. The number of rotatable bonds is 10. The van der Waals surface area contributed by atoms with Gasteiger partial charge in [0.1, 0.15) is 11.8 Å². The molecule has 0 saturated carbocycles. The molecule has 2 aromatic rings. The molecule has 1 atom stereocenters. The molecule has 0 spiro atoms. The first-order chi connectivity index (χ1) is 14.7. The van der Waals surface area contributed by atoms with E-state index in [0.29, 0.717) is 23.9 Å². The number of amides is 2. The van der Waals surface area contributed by atoms with Crippen LogP contribution in [0.2, 0.25) is 5.02 Å². The lowest BCUT2D eigenvalue weighted by Crippen LogP contribution is -2.49. The third kappa shape index (κ3) is 7.54. The number of unbranched alkanes of at least 4 members (excludes halogenated alkanes) is 1. The lowest BCUT2D eigenvalue weighted by atomic mass is 10.1. The molecule has 5 nitrogen and oxygen atoms in total. The van der Waals surface area contributed by atoms with E-state index in [1.807, 2.05) is 50.2 Å². The first kappa shape index (κ1) is 25.2. The summed E-state index contributed by atoms with van der Waals surface area (Å²) in [5, 5.41) is 3.60. The monoisotopic (exact) mass is 508 g/mol. The van der Waals surface area contributed by atoms with Crippen molar-refractivity contribution in [2.75, 3.05) is 13.2 Å². The van der Waals surface area contributed by atoms with Gasteiger partial charge in [-0.15, -0.1) is 0 Å². The van der Waals surface area contributed by atoms with Gasteiger partial charge in [-0.05, 0) is 68.1 Å². The Morgan fingerprint density at radius 2 is 1.77 bits per heavy atom. The highest BCUT2D eigenvalue weighted by molar-refractivity contribution is 9.10. The van der Waals surface area contributed by atoms with E-state index < -0.39 is 6.04 Å². The third-order valence-corrected chi connectivity index (χ3v) is 6.16. The Morgan fingerprint density at radius 1 is 1.16 bits per heavy atom. The molecule has 1 unspecified atom stereocenters. The summed E-state index contributed by atoms with van der Waals surface area (Å²) in [6.45, 7) is 8.35. The summed E-state index contributed by atoms with van der Waals surface area (Å²) in [6, 6.07) is 10.7. The summed E-state index contributed by atoms with van der Waals surface area (Å²) in [5.74, 6) is 0.153. The number of aryl methyl sites for hydroxylation is 2. The molecule has 0 heterocycles. The van der Waals surface area contributed by atoms with Crippen LogP contribution in [0.3, 0.4) is 0 Å². The lowest BCUT2D eigenvalue weighted by molar-refractivity contribution is -0.142. The van der Waals surface area contributed by atoms with Crippen molar-refractivity contribution in [2.45, 2.75) is 53.1 Å². The Labute approximate surface area is 198 Å². The van der Waals surface area contributed by atoms with Crippen molar-refractivity contribution in [2.24, 2.45) is 0 Å². The Bertz CT molecular complexity index is 879. The lowest BCUT2D eigenvalue weighted by Gasteiger charge is -2.29. The molecule has 0 aliphatic carbocycles. The Hall–Kier alpha value is -2.05. The van der Waals surface area contributed by atoms with Gasteiger partial charge in [-0.25, -0.2) is 0 Å². The van der Waals surface area contributed by atoms with Gasteiger partial charge in [-0.1, -0.05) is 53.0 Å². The van der Waals surface area contributed by atoms with Crippen molar-refractivity contribution in [1.82, 2.24) is 10.2 Å². The summed E-state index contributed by atoms with van der Waals surface area (Å²) in [4.78, 5) is 27.3. The minimum Gasteiger partial charge on any atom is -0.484 e. The van der Waals surface area contributed by atoms with Gasteiger partial charge in [0.2, 0.25) is 5.91 Å². The molecule has 0 bridgehead atoms. The van der Waals surface area contributed by atoms with Crippen LogP contribution in [-0.4, -0.2) is 35.9 Å². The number of halogens is 2. The summed E-state index contributed by atoms with van der Waals surface area (Å²) in [7, 11) is 0. The Morgan fingerprint density at radius 3 is 2.35 bits per heavy atom. The fourth-order valence-corrected chi connectivity index (χ4v) is 3.50. The van der Waals surface area contributed by atoms with Crippen molar-refractivity contribution >= 4 is 39.3 Å². The van der Waals surface area contributed by atoms with Gasteiger partial charge < -0.3 is 15.0 Å². The molecule has 2 rings (SSSR count). The number of hydrogen-bond donors (Lipinski definition) is 1. The average molecular weight is 510 g/mol. The second kappa shape index (κ2) is 12.1. The molecule has 7 heteroatoms. The zero-order valence-corrected chi connectivity index (χ0v) is 20.8. The molecule has 31 heavy (non-hydrogen) atoms. The number of ether oxygens (including phenoxy) is 1. The molecular weight excluding hydrogens is 480 g/mol. The van der Waals surface area contributed by atoms with Gasteiger partial charge >= 0.3 is 0 Å². The van der Waals surface area contributed by atoms with E-state index in [9.17, 15) is 9.59 Å². The van der Waals surface area contributed by atoms with Gasteiger partial charge in [0.25, 0.3) is 5.91 Å². The van der Waals surface area contributed by atoms with Crippen LogP contribution in [0.4, 0.5) is 0 Å². The molecule has 1 N–H and O–H groups in total. The minimum atomic E-state index is -0.620. The van der Waals surface area contributed by atoms with E-state index >= 15 is 0 Å². The van der Waals surface area contributed by atoms with Crippen molar-refractivity contribution in [3.63, 3.8) is 0 Å². The van der Waals surface area contributed by atoms with Crippen LogP contribution in [0, 0.1) is 13.8 Å². The van der Waals surface area contributed by atoms with E-state index in [-0.39, 0.29) is 18.4 Å². The van der Waals surface area contributed by atoms with Crippen LogP contribution in [0.1, 0.15) is 43.4 Å². The summed E-state index contributed by atoms with van der Waals surface area (Å²) in [5.41, 5.74) is 2.71. The molecular formula is C24H30BrClN2O3. The van der Waals surface area contributed by atoms with Gasteiger partial charge in [0.05, 0.1) is 0 Å². The van der Waals surface area contributed by atoms with E-state index in [1.54, 1.807) is 11.8 Å². The highest BCUT2D eigenvalue weighted by Crippen LogP contribution is 2.26. The molecule has 0 aliphatic rings. The third-order valence-electron chi connectivity index (χ3n) is 5.04. The van der Waals surface area contributed by atoms with Gasteiger partial charge in [0.15, 0.2) is 6.61 Å². The van der Waals surface area contributed by atoms with E-state index in [4.69, 9.17) is 16.3 Å². The van der Waals surface area contributed by atoms with Crippen molar-refractivity contribution in [3.05, 3.63) is 62.6 Å². The molecule has 0 saturated heterocycles. The van der Waals surface area contributed by atoms with Gasteiger partial charge in [-0.3, -0.25) is 9.59 Å². The van der Waals surface area contributed by atoms with Crippen molar-refractivity contribution < 1.29 is 14.3 Å². The first-order valence-electron chi connectivity index (χ1n) is 10.4. The first-order valence-corrected chi connectivity index (χ1v) is 11.6. The van der Waals surface area contributed by atoms with Crippen LogP contribution in [-0.2, 0) is 16.1 Å². The maximum Gasteiger partial charge on any atom is 0.261 e. The fourth-order valence-electron chi connectivity index (χ4n) is 3.12. The van der Waals surface area contributed by atoms with Crippen molar-refractivity contribution in [3.8, 4) is 5.75 Å². The standard InChI is InChI=1S/C24H30BrClN2O3/c1-5-6-11-27-24(30)18(4)28(14-19-7-9-20(25)10-8-19)22(29)15-31-21-12-16(2)23(26)17(3)13-21/h7-10,12-13,18H,5-6,11,14-15H2,1-4H3,(H,27,30). The van der Waals surface area contributed by atoms with Crippen molar-refractivity contribution in [1.29, 1.82) is 0 Å². The Balaban J connectivity index is 2.14. The largest absolute Gasteiger partial charge is 0.484 e. The fraction of sp³-hybridized carbons (Fsp3) is 0.417. The van der Waals surface area contributed by atoms with Crippen LogP contribution in [0.5, 0.6) is 5.75 Å². The van der Waals surface area contributed by atoms with Gasteiger partial charge in [0, 0.05) is 22.6 Å². The smallest absolute Gasteiger partial charge is 0.261 e. The van der Waals surface area contributed by atoms with Crippen LogP contribution < -0.4 is 10.1 Å². The van der Waals surface area contributed by atoms with Crippen LogP contribution >= 0.6 is 27.5 Å². The molecule has 0 fully saturated rings. The minimum absolute atomic E-state index is 0.163. The molecule has 0 radical (unpaired) electrons. The second-order valence-corrected chi connectivity index (χ2v) is 8.92. The summed E-state index contributed by atoms with van der Waals surface area (Å²) in [6.07, 6.45) is 1.89. The molecule has 2 aromatic carbocycles. The maximum absolute atomic E-state index is 13.1. The van der Waals surface area contributed by atoms with E-state index in [2.05, 4.69) is 28.2 Å². The quantitative estimate of drug-likeness (QED) is 0.434. The van der Waals surface area contributed by atoms with E-state index in [0.717, 1.165) is 34.0 Å². The topological polar surface area (TPSA) is 58.6 Å². The second-order valence-electron chi connectivity index (χ2n) is 7.63. The number of nitrogens with one attached hydrogen (secondary N) is 1. The normalized spacial score (nSPS) is 11.7.